The molecule has 13 heavy (non-hydrogen) atoms. The average molecular weight is 184 g/mol. The summed E-state index contributed by atoms with van der Waals surface area (Å²) in [5, 5.41) is 0. The molecular weight excluding hydrogens is 160 g/mol. The first-order valence-electron chi connectivity index (χ1n) is 5.19. The summed E-state index contributed by atoms with van der Waals surface area (Å²) < 4.78 is 0. The summed E-state index contributed by atoms with van der Waals surface area (Å²) in [7, 11) is 0. The molecule has 0 aromatic heterocycles. The maximum Gasteiger partial charge on any atom is 0.145 e. The summed E-state index contributed by atoms with van der Waals surface area (Å²) in [6.45, 7) is 12.5. The lowest BCUT2D eigenvalue weighted by molar-refractivity contribution is -0.104. The average Bonchev–Trinajstić information content (AvgIpc) is 2.16. The molecule has 0 aliphatic carbocycles. The molecule has 0 aromatic rings. The van der Waals surface area contributed by atoms with Crippen LogP contribution in [0.15, 0.2) is 11.6 Å². The Morgan fingerprint density at radius 2 is 1.69 bits per heavy atom. The van der Waals surface area contributed by atoms with E-state index in [1.165, 1.54) is 0 Å². The van der Waals surface area contributed by atoms with E-state index in [0.29, 0.717) is 11.8 Å². The highest BCUT2D eigenvalue weighted by atomic mass is 16.1. The van der Waals surface area contributed by atoms with Crippen LogP contribution in [0.1, 0.15) is 48.0 Å². The second-order valence-corrected chi connectivity index (χ2v) is 3.52. The maximum atomic E-state index is 10.2. The third kappa shape index (κ3) is 9.32. The summed E-state index contributed by atoms with van der Waals surface area (Å²) in [6.07, 6.45) is 3.94. The van der Waals surface area contributed by atoms with Crippen LogP contribution in [0.5, 0.6) is 0 Å². The molecule has 0 aromatic carbocycles. The van der Waals surface area contributed by atoms with Crippen LogP contribution in [0, 0.1) is 11.8 Å². The van der Waals surface area contributed by atoms with Crippen LogP contribution in [-0.2, 0) is 4.79 Å². The van der Waals surface area contributed by atoms with Gasteiger partial charge in [-0.15, -0.1) is 0 Å². The molecule has 0 saturated heterocycles. The molecule has 0 bridgehead atoms. The first-order valence-corrected chi connectivity index (χ1v) is 5.19. The summed E-state index contributed by atoms with van der Waals surface area (Å²) in [6, 6.07) is 0. The Labute approximate surface area is 83.2 Å². The highest BCUT2D eigenvalue weighted by Crippen LogP contribution is 2.14. The second-order valence-electron chi connectivity index (χ2n) is 3.52. The van der Waals surface area contributed by atoms with Crippen molar-refractivity contribution >= 4 is 6.29 Å². The Morgan fingerprint density at radius 1 is 1.23 bits per heavy atom. The van der Waals surface area contributed by atoms with Crippen molar-refractivity contribution in [1.82, 2.24) is 0 Å². The third-order valence-corrected chi connectivity index (χ3v) is 2.14. The zero-order valence-electron chi connectivity index (χ0n) is 9.92. The number of hydrogen-bond acceptors (Lipinski definition) is 1. The first kappa shape index (κ1) is 14.9. The minimum atomic E-state index is 0.671. The SMILES string of the molecule is C/C(C=O)=C\CC(C)C(C)C.CC. The van der Waals surface area contributed by atoms with Crippen molar-refractivity contribution in [2.75, 3.05) is 0 Å². The highest BCUT2D eigenvalue weighted by molar-refractivity contribution is 5.71. The molecule has 0 fully saturated rings. The van der Waals surface area contributed by atoms with Crippen molar-refractivity contribution in [2.45, 2.75) is 48.0 Å². The fraction of sp³-hybridized carbons (Fsp3) is 0.750. The van der Waals surface area contributed by atoms with Crippen molar-refractivity contribution in [2.24, 2.45) is 11.8 Å². The normalized spacial score (nSPS) is 13.3. The van der Waals surface area contributed by atoms with Gasteiger partial charge in [0.25, 0.3) is 0 Å². The number of rotatable bonds is 4. The zero-order chi connectivity index (χ0) is 10.9. The summed E-state index contributed by atoms with van der Waals surface area (Å²) >= 11 is 0. The van der Waals surface area contributed by atoms with Crippen LogP contribution < -0.4 is 0 Å². The lowest BCUT2D eigenvalue weighted by Crippen LogP contribution is -2.02. The number of carbonyl (C=O) groups is 1. The Morgan fingerprint density at radius 3 is 2.00 bits per heavy atom. The maximum absolute atomic E-state index is 10.2. The minimum absolute atomic E-state index is 0.671. The van der Waals surface area contributed by atoms with E-state index < -0.39 is 0 Å². The molecule has 1 atom stereocenters. The van der Waals surface area contributed by atoms with Gasteiger partial charge in [0.2, 0.25) is 0 Å². The molecule has 0 radical (unpaired) electrons. The molecule has 1 nitrogen and oxygen atoms in total. The van der Waals surface area contributed by atoms with E-state index in [0.717, 1.165) is 18.3 Å². The van der Waals surface area contributed by atoms with Crippen LogP contribution in [0.3, 0.4) is 0 Å². The van der Waals surface area contributed by atoms with Crippen molar-refractivity contribution in [1.29, 1.82) is 0 Å². The standard InChI is InChI=1S/C10H18O.C2H6/c1-8(2)10(4)6-5-9(3)7-11;1-2/h5,7-8,10H,6H2,1-4H3;1-2H3/b9-5+;. The molecule has 0 N–H and O–H groups in total. The monoisotopic (exact) mass is 184 g/mol. The van der Waals surface area contributed by atoms with Crippen LogP contribution in [0.25, 0.3) is 0 Å². The Hall–Kier alpha value is -0.590. The number of allylic oxidation sites excluding steroid dienone is 2. The minimum Gasteiger partial charge on any atom is -0.298 e. The molecule has 0 aliphatic heterocycles. The Kier molecular flexibility index (Phi) is 10.9. The molecule has 1 unspecified atom stereocenters. The number of hydrogen-bond donors (Lipinski definition) is 0. The van der Waals surface area contributed by atoms with Gasteiger partial charge in [0.15, 0.2) is 0 Å². The summed E-state index contributed by atoms with van der Waals surface area (Å²) in [5.41, 5.74) is 0.845. The lowest BCUT2D eigenvalue weighted by Gasteiger charge is -2.12. The van der Waals surface area contributed by atoms with Gasteiger partial charge in [-0.3, -0.25) is 4.79 Å². The van der Waals surface area contributed by atoms with Crippen LogP contribution in [0.4, 0.5) is 0 Å². The van der Waals surface area contributed by atoms with Crippen LogP contribution in [0.2, 0.25) is 0 Å². The summed E-state index contributed by atoms with van der Waals surface area (Å²) in [5.74, 6) is 1.37. The van der Waals surface area contributed by atoms with Gasteiger partial charge in [-0.2, -0.15) is 0 Å². The van der Waals surface area contributed by atoms with E-state index in [-0.39, 0.29) is 0 Å². The molecular formula is C12H24O. The second kappa shape index (κ2) is 9.50. The van der Waals surface area contributed by atoms with E-state index >= 15 is 0 Å². The van der Waals surface area contributed by atoms with E-state index in [1.54, 1.807) is 0 Å². The molecule has 1 heteroatoms. The van der Waals surface area contributed by atoms with Crippen molar-refractivity contribution in [3.63, 3.8) is 0 Å². The molecule has 0 saturated carbocycles. The molecule has 0 aliphatic rings. The predicted molar refractivity (Wildman–Crippen MR) is 59.8 cm³/mol. The largest absolute Gasteiger partial charge is 0.298 e. The van der Waals surface area contributed by atoms with Gasteiger partial charge < -0.3 is 0 Å². The molecule has 78 valence electrons. The van der Waals surface area contributed by atoms with Gasteiger partial charge in [-0.25, -0.2) is 0 Å². The number of aldehydes is 1. The molecule has 0 spiro atoms. The van der Waals surface area contributed by atoms with Gasteiger partial charge in [0.1, 0.15) is 6.29 Å². The van der Waals surface area contributed by atoms with Gasteiger partial charge in [-0.05, 0) is 30.8 Å². The van der Waals surface area contributed by atoms with E-state index in [1.807, 2.05) is 26.8 Å². The van der Waals surface area contributed by atoms with Crippen molar-refractivity contribution in [3.05, 3.63) is 11.6 Å². The fourth-order valence-corrected chi connectivity index (χ4v) is 0.692. The van der Waals surface area contributed by atoms with E-state index in [4.69, 9.17) is 0 Å². The van der Waals surface area contributed by atoms with Crippen LogP contribution >= 0.6 is 0 Å². The Balaban J connectivity index is 0. The third-order valence-electron chi connectivity index (χ3n) is 2.14. The fourth-order valence-electron chi connectivity index (χ4n) is 0.692. The molecule has 0 rings (SSSR count). The van der Waals surface area contributed by atoms with Crippen molar-refractivity contribution in [3.8, 4) is 0 Å². The van der Waals surface area contributed by atoms with E-state index in [2.05, 4.69) is 20.8 Å². The van der Waals surface area contributed by atoms with Gasteiger partial charge in [0.05, 0.1) is 0 Å². The summed E-state index contributed by atoms with van der Waals surface area (Å²) in [4.78, 5) is 10.2. The van der Waals surface area contributed by atoms with E-state index in [9.17, 15) is 4.79 Å². The van der Waals surface area contributed by atoms with Gasteiger partial charge in [0, 0.05) is 0 Å². The highest BCUT2D eigenvalue weighted by Gasteiger charge is 2.04. The molecule has 0 amide bonds. The van der Waals surface area contributed by atoms with Gasteiger partial charge >= 0.3 is 0 Å². The lowest BCUT2D eigenvalue weighted by atomic mass is 9.94. The topological polar surface area (TPSA) is 17.1 Å². The predicted octanol–water partition coefficient (Wildman–Crippen LogP) is 3.84. The van der Waals surface area contributed by atoms with Crippen LogP contribution in [-0.4, -0.2) is 6.29 Å². The first-order chi connectivity index (χ1) is 6.07. The van der Waals surface area contributed by atoms with Gasteiger partial charge in [-0.1, -0.05) is 40.7 Å². The molecule has 0 heterocycles. The smallest absolute Gasteiger partial charge is 0.145 e. The Bertz CT molecular complexity index is 145. The van der Waals surface area contributed by atoms with Crippen molar-refractivity contribution < 1.29 is 4.79 Å². The number of carbonyl (C=O) groups excluding carboxylic acids is 1. The quantitative estimate of drug-likeness (QED) is 0.479. The zero-order valence-corrected chi connectivity index (χ0v) is 9.92.